The van der Waals surface area contributed by atoms with Gasteiger partial charge >= 0.3 is 0 Å². The average molecular weight is 268 g/mol. The number of hydrogen-bond acceptors (Lipinski definition) is 2. The summed E-state index contributed by atoms with van der Waals surface area (Å²) in [4.78, 5) is 2.70. The Morgan fingerprint density at radius 2 is 1.84 bits per heavy atom. The van der Waals surface area contributed by atoms with E-state index >= 15 is 0 Å². The lowest BCUT2D eigenvalue weighted by molar-refractivity contribution is 0.0903. The van der Waals surface area contributed by atoms with Gasteiger partial charge in [-0.05, 0) is 44.7 Å². The molecule has 1 N–H and O–H groups in total. The number of rotatable bonds is 8. The van der Waals surface area contributed by atoms with Crippen molar-refractivity contribution in [2.75, 3.05) is 20.1 Å². The van der Waals surface area contributed by atoms with Crippen molar-refractivity contribution in [3.8, 4) is 0 Å². The molecule has 0 aliphatic heterocycles. The monoisotopic (exact) mass is 268 g/mol. The molecular formula is C17H36N2. The van der Waals surface area contributed by atoms with Crippen molar-refractivity contribution in [3.05, 3.63) is 0 Å². The maximum atomic E-state index is 3.66. The summed E-state index contributed by atoms with van der Waals surface area (Å²) in [6.07, 6.45) is 8.31. The number of hydrogen-bond donors (Lipinski definition) is 1. The van der Waals surface area contributed by atoms with Crippen LogP contribution < -0.4 is 5.32 Å². The summed E-state index contributed by atoms with van der Waals surface area (Å²) >= 11 is 0. The molecule has 0 aromatic rings. The molecule has 2 nitrogen and oxygen atoms in total. The third-order valence-electron chi connectivity index (χ3n) is 4.72. The van der Waals surface area contributed by atoms with Gasteiger partial charge in [0.2, 0.25) is 0 Å². The predicted octanol–water partition coefficient (Wildman–Crippen LogP) is 3.91. The van der Waals surface area contributed by atoms with Gasteiger partial charge in [-0.15, -0.1) is 0 Å². The van der Waals surface area contributed by atoms with Gasteiger partial charge in [-0.3, -0.25) is 4.90 Å². The van der Waals surface area contributed by atoms with Crippen LogP contribution in [0.1, 0.15) is 66.2 Å². The van der Waals surface area contributed by atoms with Gasteiger partial charge in [-0.2, -0.15) is 0 Å². The highest BCUT2D eigenvalue weighted by Gasteiger charge is 2.28. The molecule has 0 spiro atoms. The molecule has 0 saturated heterocycles. The van der Waals surface area contributed by atoms with E-state index in [0.29, 0.717) is 6.04 Å². The van der Waals surface area contributed by atoms with Crippen molar-refractivity contribution in [1.29, 1.82) is 0 Å². The lowest BCUT2D eigenvalue weighted by Crippen LogP contribution is -2.49. The second-order valence-corrected chi connectivity index (χ2v) is 6.99. The summed E-state index contributed by atoms with van der Waals surface area (Å²) in [5, 5.41) is 3.66. The lowest BCUT2D eigenvalue weighted by atomic mass is 9.84. The van der Waals surface area contributed by atoms with Crippen LogP contribution in [0.5, 0.6) is 0 Å². The highest BCUT2D eigenvalue weighted by atomic mass is 15.2. The minimum Gasteiger partial charge on any atom is -0.315 e. The van der Waals surface area contributed by atoms with Crippen molar-refractivity contribution >= 4 is 0 Å². The quantitative estimate of drug-likeness (QED) is 0.718. The van der Waals surface area contributed by atoms with E-state index in [0.717, 1.165) is 31.0 Å². The third-order valence-corrected chi connectivity index (χ3v) is 4.72. The first-order valence-electron chi connectivity index (χ1n) is 8.48. The maximum Gasteiger partial charge on any atom is 0.0220 e. The zero-order valence-corrected chi connectivity index (χ0v) is 13.9. The molecule has 0 aromatic carbocycles. The Morgan fingerprint density at radius 3 is 2.42 bits per heavy atom. The second-order valence-electron chi connectivity index (χ2n) is 6.99. The Labute approximate surface area is 121 Å². The SMILES string of the molecule is CCCC(CNCC(C)C)N(C)C1CCCCC1C. The summed E-state index contributed by atoms with van der Waals surface area (Å²) in [6, 6.07) is 1.53. The Morgan fingerprint density at radius 1 is 1.16 bits per heavy atom. The molecule has 114 valence electrons. The van der Waals surface area contributed by atoms with Gasteiger partial charge in [0.25, 0.3) is 0 Å². The first-order chi connectivity index (χ1) is 9.06. The van der Waals surface area contributed by atoms with Crippen LogP contribution in [0.15, 0.2) is 0 Å². The van der Waals surface area contributed by atoms with Crippen molar-refractivity contribution < 1.29 is 0 Å². The van der Waals surface area contributed by atoms with Gasteiger partial charge in [0, 0.05) is 18.6 Å². The molecule has 3 unspecified atom stereocenters. The summed E-state index contributed by atoms with van der Waals surface area (Å²) in [6.45, 7) is 11.6. The smallest absolute Gasteiger partial charge is 0.0220 e. The largest absolute Gasteiger partial charge is 0.315 e. The predicted molar refractivity (Wildman–Crippen MR) is 85.6 cm³/mol. The highest BCUT2D eigenvalue weighted by Crippen LogP contribution is 2.29. The first-order valence-corrected chi connectivity index (χ1v) is 8.48. The van der Waals surface area contributed by atoms with E-state index in [1.807, 2.05) is 0 Å². The standard InChI is InChI=1S/C17H36N2/c1-6-9-16(13-18-12-14(2)3)19(5)17-11-8-7-10-15(17)4/h14-18H,6-13H2,1-5H3. The number of nitrogens with one attached hydrogen (secondary N) is 1. The van der Waals surface area contributed by atoms with Crippen LogP contribution in [0.4, 0.5) is 0 Å². The Balaban J connectivity index is 2.48. The highest BCUT2D eigenvalue weighted by molar-refractivity contribution is 4.84. The van der Waals surface area contributed by atoms with E-state index < -0.39 is 0 Å². The minimum atomic E-state index is 0.717. The van der Waals surface area contributed by atoms with Crippen LogP contribution in [-0.2, 0) is 0 Å². The lowest BCUT2D eigenvalue weighted by Gasteiger charge is -2.41. The third kappa shape index (κ3) is 5.83. The molecule has 19 heavy (non-hydrogen) atoms. The van der Waals surface area contributed by atoms with Gasteiger partial charge in [-0.1, -0.05) is 47.0 Å². The maximum absolute atomic E-state index is 3.66. The van der Waals surface area contributed by atoms with Crippen molar-refractivity contribution in [1.82, 2.24) is 10.2 Å². The molecule has 0 amide bonds. The van der Waals surface area contributed by atoms with Gasteiger partial charge in [0.05, 0.1) is 0 Å². The molecule has 1 saturated carbocycles. The van der Waals surface area contributed by atoms with Crippen LogP contribution in [0.3, 0.4) is 0 Å². The second kappa shape index (κ2) is 8.97. The Bertz CT molecular complexity index is 227. The molecule has 0 bridgehead atoms. The summed E-state index contributed by atoms with van der Waals surface area (Å²) in [5.74, 6) is 1.63. The molecule has 2 heteroatoms. The van der Waals surface area contributed by atoms with Crippen LogP contribution in [-0.4, -0.2) is 37.1 Å². The molecular weight excluding hydrogens is 232 g/mol. The normalized spacial score (nSPS) is 26.1. The van der Waals surface area contributed by atoms with Crippen LogP contribution in [0.25, 0.3) is 0 Å². The molecule has 0 heterocycles. The topological polar surface area (TPSA) is 15.3 Å². The zero-order valence-electron chi connectivity index (χ0n) is 13.9. The van der Waals surface area contributed by atoms with Gasteiger partial charge < -0.3 is 5.32 Å². The molecule has 1 aliphatic rings. The molecule has 3 atom stereocenters. The summed E-state index contributed by atoms with van der Waals surface area (Å²) in [7, 11) is 2.36. The summed E-state index contributed by atoms with van der Waals surface area (Å²) in [5.41, 5.74) is 0. The van der Waals surface area contributed by atoms with Gasteiger partial charge in [0.1, 0.15) is 0 Å². The minimum absolute atomic E-state index is 0.717. The van der Waals surface area contributed by atoms with E-state index in [1.165, 1.54) is 38.5 Å². The molecule has 0 aromatic heterocycles. The molecule has 1 aliphatic carbocycles. The summed E-state index contributed by atoms with van der Waals surface area (Å²) < 4.78 is 0. The van der Waals surface area contributed by atoms with E-state index in [1.54, 1.807) is 0 Å². The van der Waals surface area contributed by atoms with Crippen molar-refractivity contribution in [2.45, 2.75) is 78.3 Å². The fourth-order valence-electron chi connectivity index (χ4n) is 3.49. The zero-order chi connectivity index (χ0) is 14.3. The van der Waals surface area contributed by atoms with Crippen LogP contribution in [0.2, 0.25) is 0 Å². The van der Waals surface area contributed by atoms with E-state index in [-0.39, 0.29) is 0 Å². The van der Waals surface area contributed by atoms with Crippen LogP contribution >= 0.6 is 0 Å². The Kier molecular flexibility index (Phi) is 8.01. The first kappa shape index (κ1) is 17.0. The molecule has 0 radical (unpaired) electrons. The van der Waals surface area contributed by atoms with Crippen LogP contribution in [0, 0.1) is 11.8 Å². The fraction of sp³-hybridized carbons (Fsp3) is 1.00. The average Bonchev–Trinajstić information content (AvgIpc) is 2.37. The Hall–Kier alpha value is -0.0800. The number of likely N-dealkylation sites (N-methyl/N-ethyl adjacent to an activating group) is 1. The van der Waals surface area contributed by atoms with E-state index in [2.05, 4.69) is 45.0 Å². The molecule has 1 rings (SSSR count). The number of nitrogens with zero attached hydrogens (tertiary/aromatic N) is 1. The van der Waals surface area contributed by atoms with Gasteiger partial charge in [-0.25, -0.2) is 0 Å². The van der Waals surface area contributed by atoms with E-state index in [9.17, 15) is 0 Å². The van der Waals surface area contributed by atoms with Crippen molar-refractivity contribution in [2.24, 2.45) is 11.8 Å². The van der Waals surface area contributed by atoms with Crippen molar-refractivity contribution in [3.63, 3.8) is 0 Å². The fourth-order valence-corrected chi connectivity index (χ4v) is 3.49. The van der Waals surface area contributed by atoms with Gasteiger partial charge in [0.15, 0.2) is 0 Å². The van der Waals surface area contributed by atoms with E-state index in [4.69, 9.17) is 0 Å². The molecule has 1 fully saturated rings.